The van der Waals surface area contributed by atoms with E-state index in [9.17, 15) is 19.7 Å². The average Bonchev–Trinajstić information content (AvgIpc) is 2.51. The summed E-state index contributed by atoms with van der Waals surface area (Å²) in [6.45, 7) is 3.84. The summed E-state index contributed by atoms with van der Waals surface area (Å²) < 4.78 is 4.66. The summed E-state index contributed by atoms with van der Waals surface area (Å²) in [6, 6.07) is 5.33. The molecule has 1 amide bonds. The van der Waals surface area contributed by atoms with Crippen molar-refractivity contribution in [2.75, 3.05) is 7.11 Å². The van der Waals surface area contributed by atoms with Gasteiger partial charge >= 0.3 is 5.97 Å². The standard InChI is InChI=1S/C16H20N2O5/c1-11(2)10-13(16(20)23-3)17-15(19)9-8-12-6-4-5-7-14(12)18(21)22/h4-9,11,13H,10H2,1-3H3,(H,17,19)/b9-8+. The number of carbonyl (C=O) groups is 2. The summed E-state index contributed by atoms with van der Waals surface area (Å²) in [6.07, 6.45) is 2.95. The molecule has 0 bridgehead atoms. The van der Waals surface area contributed by atoms with Gasteiger partial charge in [-0.2, -0.15) is 0 Å². The highest BCUT2D eigenvalue weighted by Crippen LogP contribution is 2.18. The Morgan fingerprint density at radius 1 is 1.35 bits per heavy atom. The van der Waals surface area contributed by atoms with Crippen LogP contribution in [0.5, 0.6) is 0 Å². The number of benzene rings is 1. The first-order valence-corrected chi connectivity index (χ1v) is 7.15. The molecule has 1 aromatic rings. The molecule has 0 aliphatic carbocycles. The molecule has 1 aromatic carbocycles. The van der Waals surface area contributed by atoms with E-state index in [1.54, 1.807) is 12.1 Å². The van der Waals surface area contributed by atoms with E-state index in [1.165, 1.54) is 31.4 Å². The third-order valence-corrected chi connectivity index (χ3v) is 3.06. The van der Waals surface area contributed by atoms with E-state index in [1.807, 2.05) is 13.8 Å². The largest absolute Gasteiger partial charge is 0.467 e. The number of nitro benzene ring substituents is 1. The Balaban J connectivity index is 2.82. The van der Waals surface area contributed by atoms with Crippen LogP contribution in [0.4, 0.5) is 5.69 Å². The van der Waals surface area contributed by atoms with Crippen LogP contribution < -0.4 is 5.32 Å². The van der Waals surface area contributed by atoms with Crippen LogP contribution in [0, 0.1) is 16.0 Å². The van der Waals surface area contributed by atoms with Gasteiger partial charge in [0.15, 0.2) is 0 Å². The number of esters is 1. The summed E-state index contributed by atoms with van der Waals surface area (Å²) in [5, 5.41) is 13.5. The number of hydrogen-bond acceptors (Lipinski definition) is 5. The molecular weight excluding hydrogens is 300 g/mol. The highest BCUT2D eigenvalue weighted by Gasteiger charge is 2.21. The summed E-state index contributed by atoms with van der Waals surface area (Å²) >= 11 is 0. The first kappa shape index (κ1) is 18.3. The molecule has 0 heterocycles. The average molecular weight is 320 g/mol. The Bertz CT molecular complexity index is 610. The number of rotatable bonds is 7. The molecule has 1 N–H and O–H groups in total. The maximum Gasteiger partial charge on any atom is 0.328 e. The van der Waals surface area contributed by atoms with E-state index in [0.717, 1.165) is 0 Å². The van der Waals surface area contributed by atoms with Crippen molar-refractivity contribution in [1.29, 1.82) is 0 Å². The third kappa shape index (κ3) is 5.90. The van der Waals surface area contributed by atoms with Crippen LogP contribution >= 0.6 is 0 Å². The van der Waals surface area contributed by atoms with Gasteiger partial charge in [0.1, 0.15) is 6.04 Å². The summed E-state index contributed by atoms with van der Waals surface area (Å²) in [5.41, 5.74) is 0.217. The molecule has 1 rings (SSSR count). The first-order chi connectivity index (χ1) is 10.8. The van der Waals surface area contributed by atoms with Crippen LogP contribution in [0.25, 0.3) is 6.08 Å². The lowest BCUT2D eigenvalue weighted by Crippen LogP contribution is -2.41. The molecule has 0 fully saturated rings. The number of para-hydroxylation sites is 1. The van der Waals surface area contributed by atoms with E-state index < -0.39 is 22.8 Å². The van der Waals surface area contributed by atoms with Crippen molar-refractivity contribution in [3.05, 3.63) is 46.0 Å². The first-order valence-electron chi connectivity index (χ1n) is 7.15. The lowest BCUT2D eigenvalue weighted by molar-refractivity contribution is -0.385. The monoisotopic (exact) mass is 320 g/mol. The van der Waals surface area contributed by atoms with Crippen LogP contribution in [0.3, 0.4) is 0 Å². The van der Waals surface area contributed by atoms with Crippen molar-refractivity contribution >= 4 is 23.6 Å². The quantitative estimate of drug-likeness (QED) is 0.360. The minimum atomic E-state index is -0.747. The molecule has 7 nitrogen and oxygen atoms in total. The number of nitro groups is 1. The van der Waals surface area contributed by atoms with Gasteiger partial charge in [-0.15, -0.1) is 0 Å². The number of carbonyl (C=O) groups excluding carboxylic acids is 2. The van der Waals surface area contributed by atoms with Crippen molar-refractivity contribution in [1.82, 2.24) is 5.32 Å². The normalized spacial score (nSPS) is 12.2. The zero-order valence-corrected chi connectivity index (χ0v) is 13.3. The fraction of sp³-hybridized carbons (Fsp3) is 0.375. The molecule has 0 saturated heterocycles. The van der Waals surface area contributed by atoms with Gasteiger partial charge in [0.25, 0.3) is 5.69 Å². The van der Waals surface area contributed by atoms with Crippen molar-refractivity contribution in [3.63, 3.8) is 0 Å². The summed E-state index contributed by atoms with van der Waals surface area (Å²) in [4.78, 5) is 34.0. The molecule has 7 heteroatoms. The van der Waals surface area contributed by atoms with Crippen LogP contribution in [0.1, 0.15) is 25.8 Å². The Hall–Kier alpha value is -2.70. The van der Waals surface area contributed by atoms with Crippen molar-refractivity contribution < 1.29 is 19.2 Å². The van der Waals surface area contributed by atoms with Gasteiger partial charge in [-0.3, -0.25) is 14.9 Å². The predicted octanol–water partition coefficient (Wildman–Crippen LogP) is 2.31. The topological polar surface area (TPSA) is 98.5 Å². The molecule has 0 radical (unpaired) electrons. The summed E-state index contributed by atoms with van der Waals surface area (Å²) in [7, 11) is 1.25. The Kier molecular flexibility index (Phi) is 6.92. The second-order valence-electron chi connectivity index (χ2n) is 5.36. The van der Waals surface area contributed by atoms with E-state index in [0.29, 0.717) is 12.0 Å². The van der Waals surface area contributed by atoms with Gasteiger partial charge in [-0.25, -0.2) is 4.79 Å². The van der Waals surface area contributed by atoms with Gasteiger partial charge in [-0.1, -0.05) is 26.0 Å². The molecule has 0 aliphatic rings. The predicted molar refractivity (Wildman–Crippen MR) is 85.5 cm³/mol. The summed E-state index contributed by atoms with van der Waals surface area (Å²) in [5.74, 6) is -0.844. The van der Waals surface area contributed by atoms with Gasteiger partial charge in [-0.05, 0) is 24.5 Å². The number of methoxy groups -OCH3 is 1. The smallest absolute Gasteiger partial charge is 0.328 e. The maximum atomic E-state index is 11.9. The van der Waals surface area contributed by atoms with Crippen molar-refractivity contribution in [2.24, 2.45) is 5.92 Å². The minimum absolute atomic E-state index is 0.0942. The highest BCUT2D eigenvalue weighted by molar-refractivity contribution is 5.95. The number of amides is 1. The Labute approximate surface area is 134 Å². The fourth-order valence-corrected chi connectivity index (χ4v) is 2.01. The number of hydrogen-bond donors (Lipinski definition) is 1. The number of nitrogens with one attached hydrogen (secondary N) is 1. The lowest BCUT2D eigenvalue weighted by Gasteiger charge is -2.17. The second-order valence-corrected chi connectivity index (χ2v) is 5.36. The minimum Gasteiger partial charge on any atom is -0.467 e. The lowest BCUT2D eigenvalue weighted by atomic mass is 10.0. The van der Waals surface area contributed by atoms with Crippen LogP contribution in [-0.4, -0.2) is 30.0 Å². The molecule has 0 aromatic heterocycles. The van der Waals surface area contributed by atoms with Gasteiger partial charge in [0.2, 0.25) is 5.91 Å². The maximum absolute atomic E-state index is 11.9. The third-order valence-electron chi connectivity index (χ3n) is 3.06. The van der Waals surface area contributed by atoms with Gasteiger partial charge < -0.3 is 10.1 Å². The molecule has 1 unspecified atom stereocenters. The number of ether oxygens (including phenoxy) is 1. The molecule has 1 atom stereocenters. The zero-order chi connectivity index (χ0) is 17.4. The van der Waals surface area contributed by atoms with Crippen molar-refractivity contribution in [2.45, 2.75) is 26.3 Å². The van der Waals surface area contributed by atoms with Gasteiger partial charge in [0, 0.05) is 12.1 Å². The van der Waals surface area contributed by atoms with E-state index in [4.69, 9.17) is 0 Å². The Morgan fingerprint density at radius 3 is 2.57 bits per heavy atom. The van der Waals surface area contributed by atoms with Crippen molar-refractivity contribution in [3.8, 4) is 0 Å². The Morgan fingerprint density at radius 2 is 2.00 bits per heavy atom. The van der Waals surface area contributed by atoms with E-state index in [2.05, 4.69) is 10.1 Å². The zero-order valence-electron chi connectivity index (χ0n) is 13.3. The molecular formula is C16H20N2O5. The number of nitrogens with zero attached hydrogens (tertiary/aromatic N) is 1. The molecule has 23 heavy (non-hydrogen) atoms. The molecule has 0 aliphatic heterocycles. The van der Waals surface area contributed by atoms with Crippen LogP contribution in [-0.2, 0) is 14.3 Å². The van der Waals surface area contributed by atoms with E-state index in [-0.39, 0.29) is 11.6 Å². The molecule has 0 spiro atoms. The van der Waals surface area contributed by atoms with Gasteiger partial charge in [0.05, 0.1) is 17.6 Å². The molecule has 124 valence electrons. The van der Waals surface area contributed by atoms with Crippen LogP contribution in [0.2, 0.25) is 0 Å². The van der Waals surface area contributed by atoms with Crippen LogP contribution in [0.15, 0.2) is 30.3 Å². The second kappa shape index (κ2) is 8.67. The van der Waals surface area contributed by atoms with E-state index >= 15 is 0 Å². The fourth-order valence-electron chi connectivity index (χ4n) is 2.01. The SMILES string of the molecule is COC(=O)C(CC(C)C)NC(=O)/C=C/c1ccccc1[N+](=O)[O-]. The molecule has 0 saturated carbocycles. The highest BCUT2D eigenvalue weighted by atomic mass is 16.6.